The van der Waals surface area contributed by atoms with Gasteiger partial charge in [0.15, 0.2) is 0 Å². The molecule has 0 N–H and O–H groups in total. The van der Waals surface area contributed by atoms with Crippen LogP contribution in [0.1, 0.15) is 66.3 Å². The zero-order chi connectivity index (χ0) is 26.7. The number of rotatable bonds is 13. The number of benzene rings is 2. The number of aryl methyl sites for hydroxylation is 1. The van der Waals surface area contributed by atoms with Crippen molar-refractivity contribution in [1.29, 1.82) is 0 Å². The summed E-state index contributed by atoms with van der Waals surface area (Å²) in [5.74, 6) is -0.0968. The Balaban J connectivity index is 1.50. The lowest BCUT2D eigenvalue weighted by atomic mass is 10.0. The average molecular weight is 521 g/mol. The molecule has 0 spiro atoms. The third kappa shape index (κ3) is 8.02. The van der Waals surface area contributed by atoms with Crippen LogP contribution in [0, 0.1) is 5.82 Å². The smallest absolute Gasteiger partial charge is 0.254 e. The van der Waals surface area contributed by atoms with Gasteiger partial charge in [0.1, 0.15) is 18.1 Å². The Kier molecular flexibility index (Phi) is 10.1. The van der Waals surface area contributed by atoms with E-state index in [0.29, 0.717) is 24.5 Å². The van der Waals surface area contributed by atoms with E-state index in [-0.39, 0.29) is 43.4 Å². The minimum atomic E-state index is -0.331. The molecule has 0 aliphatic carbocycles. The molecule has 0 saturated carbocycles. The van der Waals surface area contributed by atoms with Gasteiger partial charge < -0.3 is 19.0 Å². The van der Waals surface area contributed by atoms with Gasteiger partial charge in [-0.25, -0.2) is 4.39 Å². The van der Waals surface area contributed by atoms with Crippen LogP contribution in [-0.2, 0) is 29.0 Å². The van der Waals surface area contributed by atoms with Crippen molar-refractivity contribution in [3.8, 4) is 0 Å². The van der Waals surface area contributed by atoms with Crippen LogP contribution in [0.5, 0.6) is 0 Å². The van der Waals surface area contributed by atoms with Crippen molar-refractivity contribution in [3.05, 3.63) is 95.2 Å². The van der Waals surface area contributed by atoms with Gasteiger partial charge in [0, 0.05) is 25.3 Å². The van der Waals surface area contributed by atoms with Gasteiger partial charge in [0.25, 0.3) is 5.91 Å². The van der Waals surface area contributed by atoms with E-state index in [1.807, 2.05) is 30.3 Å². The molecule has 7 heteroatoms. The van der Waals surface area contributed by atoms with Gasteiger partial charge in [0.2, 0.25) is 5.91 Å². The standard InChI is InChI=1S/C31H37FN2O4/c1-2-3-4-7-24-10-14-26(15-11-24)31(36)34(22-29-9-6-19-38-29)23-30(35)33(21-28-8-5-18-37-28)20-25-12-16-27(32)17-13-25/h5,8,10-18,29H,2-4,6-7,9,19-23H2,1H3. The van der Waals surface area contributed by atoms with Gasteiger partial charge >= 0.3 is 0 Å². The van der Waals surface area contributed by atoms with Crippen LogP contribution in [0.15, 0.2) is 71.3 Å². The average Bonchev–Trinajstić information content (AvgIpc) is 3.64. The predicted octanol–water partition coefficient (Wildman–Crippen LogP) is 6.00. The van der Waals surface area contributed by atoms with E-state index < -0.39 is 0 Å². The van der Waals surface area contributed by atoms with Gasteiger partial charge in [-0.3, -0.25) is 9.59 Å². The second-order valence-electron chi connectivity index (χ2n) is 9.93. The Labute approximate surface area is 224 Å². The maximum absolute atomic E-state index is 13.6. The lowest BCUT2D eigenvalue weighted by Gasteiger charge is -2.29. The molecule has 1 aliphatic heterocycles. The first-order valence-corrected chi connectivity index (χ1v) is 13.6. The topological polar surface area (TPSA) is 63.0 Å². The molecule has 2 aromatic carbocycles. The van der Waals surface area contributed by atoms with Crippen LogP contribution < -0.4 is 0 Å². The number of nitrogens with zero attached hydrogens (tertiary/aromatic N) is 2. The lowest BCUT2D eigenvalue weighted by Crippen LogP contribution is -2.45. The van der Waals surface area contributed by atoms with Gasteiger partial charge in [-0.1, -0.05) is 44.0 Å². The van der Waals surface area contributed by atoms with Gasteiger partial charge in [0.05, 0.1) is 18.9 Å². The third-order valence-corrected chi connectivity index (χ3v) is 6.90. The molecule has 6 nitrogen and oxygen atoms in total. The second kappa shape index (κ2) is 13.9. The summed E-state index contributed by atoms with van der Waals surface area (Å²) in [4.78, 5) is 30.5. The molecule has 2 heterocycles. The number of furan rings is 1. The van der Waals surface area contributed by atoms with E-state index in [1.54, 1.807) is 34.3 Å². The van der Waals surface area contributed by atoms with E-state index in [9.17, 15) is 14.0 Å². The number of carbonyl (C=O) groups excluding carboxylic acids is 2. The minimum Gasteiger partial charge on any atom is -0.467 e. The van der Waals surface area contributed by atoms with Crippen molar-refractivity contribution in [3.63, 3.8) is 0 Å². The molecule has 1 aromatic heterocycles. The Morgan fingerprint density at radius 3 is 2.37 bits per heavy atom. The van der Waals surface area contributed by atoms with Crippen LogP contribution >= 0.6 is 0 Å². The number of carbonyl (C=O) groups is 2. The van der Waals surface area contributed by atoms with E-state index in [2.05, 4.69) is 6.92 Å². The summed E-state index contributed by atoms with van der Waals surface area (Å²) in [6.07, 6.45) is 7.76. The Bertz CT molecular complexity index is 1140. The van der Waals surface area contributed by atoms with Gasteiger partial charge in [-0.05, 0) is 73.2 Å². The minimum absolute atomic E-state index is 0.0845. The normalized spacial score (nSPS) is 14.9. The maximum atomic E-state index is 13.6. The molecule has 4 rings (SSSR count). The van der Waals surface area contributed by atoms with E-state index >= 15 is 0 Å². The Morgan fingerprint density at radius 2 is 1.71 bits per heavy atom. The SMILES string of the molecule is CCCCCc1ccc(C(=O)N(CC(=O)N(Cc2ccc(F)cc2)Cc2ccco2)CC2CCCO2)cc1. The number of amides is 2. The first-order chi connectivity index (χ1) is 18.5. The lowest BCUT2D eigenvalue weighted by molar-refractivity contribution is -0.133. The van der Waals surface area contributed by atoms with E-state index in [0.717, 1.165) is 31.2 Å². The molecule has 1 atom stereocenters. The quantitative estimate of drug-likeness (QED) is 0.259. The highest BCUT2D eigenvalue weighted by Gasteiger charge is 2.27. The number of unbranched alkanes of at least 4 members (excludes halogenated alkanes) is 2. The van der Waals surface area contributed by atoms with Crippen molar-refractivity contribution >= 4 is 11.8 Å². The fraction of sp³-hybridized carbons (Fsp3) is 0.419. The van der Waals surface area contributed by atoms with Crippen LogP contribution in [0.25, 0.3) is 0 Å². The van der Waals surface area contributed by atoms with Gasteiger partial charge in [-0.15, -0.1) is 0 Å². The first-order valence-electron chi connectivity index (χ1n) is 13.6. The number of halogens is 1. The van der Waals surface area contributed by atoms with Crippen molar-refractivity contribution in [1.82, 2.24) is 9.80 Å². The molecule has 2 amide bonds. The van der Waals surface area contributed by atoms with Crippen LogP contribution in [0.4, 0.5) is 4.39 Å². The summed E-state index contributed by atoms with van der Waals surface area (Å²) >= 11 is 0. The van der Waals surface area contributed by atoms with Crippen molar-refractivity contribution in [2.75, 3.05) is 19.7 Å². The summed E-state index contributed by atoms with van der Waals surface area (Å²) in [6.45, 7) is 3.64. The summed E-state index contributed by atoms with van der Waals surface area (Å²) < 4.78 is 24.8. The number of hydrogen-bond acceptors (Lipinski definition) is 4. The summed E-state index contributed by atoms with van der Waals surface area (Å²) in [5, 5.41) is 0. The van der Waals surface area contributed by atoms with Gasteiger partial charge in [-0.2, -0.15) is 0 Å². The second-order valence-corrected chi connectivity index (χ2v) is 9.93. The molecule has 1 aliphatic rings. The third-order valence-electron chi connectivity index (χ3n) is 6.90. The fourth-order valence-electron chi connectivity index (χ4n) is 4.73. The predicted molar refractivity (Wildman–Crippen MR) is 144 cm³/mol. The van der Waals surface area contributed by atoms with Crippen molar-refractivity contribution in [2.45, 2.75) is 64.6 Å². The molecule has 202 valence electrons. The highest BCUT2D eigenvalue weighted by Crippen LogP contribution is 2.18. The van der Waals surface area contributed by atoms with E-state index in [1.165, 1.54) is 30.5 Å². The fourth-order valence-corrected chi connectivity index (χ4v) is 4.73. The summed E-state index contributed by atoms with van der Waals surface area (Å²) in [7, 11) is 0. The molecule has 1 saturated heterocycles. The number of hydrogen-bond donors (Lipinski definition) is 0. The highest BCUT2D eigenvalue weighted by molar-refractivity contribution is 5.96. The largest absolute Gasteiger partial charge is 0.467 e. The summed E-state index contributed by atoms with van der Waals surface area (Å²) in [5.41, 5.74) is 2.56. The molecular formula is C31H37FN2O4. The van der Waals surface area contributed by atoms with E-state index in [4.69, 9.17) is 9.15 Å². The van der Waals surface area contributed by atoms with Crippen molar-refractivity contribution < 1.29 is 23.1 Å². The van der Waals surface area contributed by atoms with Crippen LogP contribution in [0.2, 0.25) is 0 Å². The molecule has 38 heavy (non-hydrogen) atoms. The number of ether oxygens (including phenoxy) is 1. The Morgan fingerprint density at radius 1 is 0.947 bits per heavy atom. The molecule has 1 fully saturated rings. The molecule has 3 aromatic rings. The highest BCUT2D eigenvalue weighted by atomic mass is 19.1. The van der Waals surface area contributed by atoms with Crippen LogP contribution in [-0.4, -0.2) is 47.4 Å². The Hall–Kier alpha value is -3.45. The van der Waals surface area contributed by atoms with Crippen molar-refractivity contribution in [2.24, 2.45) is 0 Å². The first kappa shape index (κ1) is 27.6. The molecule has 0 bridgehead atoms. The molecule has 1 unspecified atom stereocenters. The maximum Gasteiger partial charge on any atom is 0.254 e. The zero-order valence-electron chi connectivity index (χ0n) is 22.1. The molecule has 0 radical (unpaired) electrons. The monoisotopic (exact) mass is 520 g/mol. The zero-order valence-corrected chi connectivity index (χ0v) is 22.1. The van der Waals surface area contributed by atoms with Crippen LogP contribution in [0.3, 0.4) is 0 Å². The molecular weight excluding hydrogens is 483 g/mol. The summed E-state index contributed by atoms with van der Waals surface area (Å²) in [6, 6.07) is 17.4.